The van der Waals surface area contributed by atoms with Crippen molar-refractivity contribution in [2.75, 3.05) is 19.5 Å². The number of rotatable bonds is 11. The maximum absolute atomic E-state index is 7.24. The van der Waals surface area contributed by atoms with Gasteiger partial charge in [-0.2, -0.15) is 14.8 Å². The summed E-state index contributed by atoms with van der Waals surface area (Å²) in [5.41, 5.74) is 11.8. The van der Waals surface area contributed by atoms with Gasteiger partial charge in [-0.3, -0.25) is 16.0 Å². The Balaban J connectivity index is 0.000000255. The molecular formula is C31H37ClN8O3. The molecule has 2 aromatic carbocycles. The normalized spacial score (nSPS) is 12.8. The van der Waals surface area contributed by atoms with Crippen molar-refractivity contribution in [2.45, 2.75) is 57.6 Å². The SMILES string of the molecule is Cl.NNC1CC1.[C-]#[N+]C([N+]#[C-])=C(COCc1ccccc1)OC.[C-]#[N+]c1c(COCc2ccccc2)nn(C2CC2)c1N. The van der Waals surface area contributed by atoms with Gasteiger partial charge in [0.15, 0.2) is 0 Å². The Labute approximate surface area is 259 Å². The van der Waals surface area contributed by atoms with E-state index in [-0.39, 0.29) is 30.6 Å². The van der Waals surface area contributed by atoms with Crippen molar-refractivity contribution in [3.05, 3.63) is 123 Å². The molecule has 0 bridgehead atoms. The summed E-state index contributed by atoms with van der Waals surface area (Å²) in [6.45, 7) is 22.2. The van der Waals surface area contributed by atoms with Crippen molar-refractivity contribution in [3.8, 4) is 0 Å². The molecule has 0 atom stereocenters. The highest BCUT2D eigenvalue weighted by atomic mass is 35.5. The first-order chi connectivity index (χ1) is 20.5. The number of aromatic nitrogens is 2. The van der Waals surface area contributed by atoms with E-state index in [1.807, 2.05) is 60.7 Å². The third-order valence-corrected chi connectivity index (χ3v) is 6.21. The summed E-state index contributed by atoms with van der Waals surface area (Å²) in [5, 5.41) is 4.43. The highest BCUT2D eigenvalue weighted by Gasteiger charge is 2.29. The zero-order valence-corrected chi connectivity index (χ0v) is 24.9. The molecular weight excluding hydrogens is 568 g/mol. The van der Waals surface area contributed by atoms with E-state index >= 15 is 0 Å². The van der Waals surface area contributed by atoms with Crippen molar-refractivity contribution in [1.82, 2.24) is 15.2 Å². The van der Waals surface area contributed by atoms with Crippen LogP contribution in [0.4, 0.5) is 11.5 Å². The van der Waals surface area contributed by atoms with E-state index in [4.69, 9.17) is 45.5 Å². The maximum atomic E-state index is 7.24. The second-order valence-corrected chi connectivity index (χ2v) is 9.54. The molecule has 43 heavy (non-hydrogen) atoms. The molecule has 0 spiro atoms. The monoisotopic (exact) mass is 604 g/mol. The van der Waals surface area contributed by atoms with E-state index in [1.165, 1.54) is 20.0 Å². The predicted octanol–water partition coefficient (Wildman–Crippen LogP) is 5.96. The van der Waals surface area contributed by atoms with E-state index in [0.717, 1.165) is 24.0 Å². The molecule has 11 nitrogen and oxygen atoms in total. The van der Waals surface area contributed by atoms with Gasteiger partial charge in [0.1, 0.15) is 25.6 Å². The average molecular weight is 605 g/mol. The zero-order chi connectivity index (χ0) is 30.2. The topological polar surface area (TPSA) is 123 Å². The molecule has 226 valence electrons. The van der Waals surface area contributed by atoms with Crippen molar-refractivity contribution in [3.63, 3.8) is 0 Å². The third kappa shape index (κ3) is 11.8. The van der Waals surface area contributed by atoms with Crippen LogP contribution in [-0.4, -0.2) is 29.5 Å². The Bertz CT molecular complexity index is 1400. The smallest absolute Gasteiger partial charge is 0.503 e. The summed E-state index contributed by atoms with van der Waals surface area (Å²) in [4.78, 5) is 9.64. The Kier molecular flexibility index (Phi) is 15.3. The largest absolute Gasteiger partial charge is 0.559 e. The molecule has 12 heteroatoms. The molecule has 0 unspecified atom stereocenters. The number of nitrogens with one attached hydrogen (secondary N) is 1. The first-order valence-electron chi connectivity index (χ1n) is 13.5. The summed E-state index contributed by atoms with van der Waals surface area (Å²) < 4.78 is 17.8. The first kappa shape index (κ1) is 34.8. The third-order valence-electron chi connectivity index (χ3n) is 6.21. The molecule has 2 saturated carbocycles. The van der Waals surface area contributed by atoms with Crippen molar-refractivity contribution in [1.29, 1.82) is 0 Å². The van der Waals surface area contributed by atoms with Gasteiger partial charge in [-0.05, 0) is 36.8 Å². The second-order valence-electron chi connectivity index (χ2n) is 9.54. The van der Waals surface area contributed by atoms with Crippen LogP contribution in [-0.2, 0) is 34.0 Å². The molecule has 1 aromatic heterocycles. The van der Waals surface area contributed by atoms with Crippen molar-refractivity contribution >= 4 is 23.9 Å². The van der Waals surface area contributed by atoms with Gasteiger partial charge in [0.2, 0.25) is 5.76 Å². The summed E-state index contributed by atoms with van der Waals surface area (Å²) in [5.74, 6) is 5.64. The summed E-state index contributed by atoms with van der Waals surface area (Å²) >= 11 is 0. The zero-order valence-electron chi connectivity index (χ0n) is 24.1. The number of methoxy groups -OCH3 is 1. The number of nitrogen functional groups attached to an aromatic ring is 1. The predicted molar refractivity (Wildman–Crippen MR) is 167 cm³/mol. The van der Waals surface area contributed by atoms with Gasteiger partial charge in [0.25, 0.3) is 5.69 Å². The number of halogens is 1. The van der Waals surface area contributed by atoms with Crippen LogP contribution in [0.2, 0.25) is 0 Å². The molecule has 5 N–H and O–H groups in total. The summed E-state index contributed by atoms with van der Waals surface area (Å²) in [6.07, 6.45) is 4.73. The fraction of sp³-hybridized carbons (Fsp3) is 0.355. The van der Waals surface area contributed by atoms with Crippen LogP contribution < -0.4 is 17.0 Å². The van der Waals surface area contributed by atoms with E-state index < -0.39 is 0 Å². The molecule has 2 aliphatic rings. The van der Waals surface area contributed by atoms with E-state index in [0.29, 0.717) is 49.1 Å². The van der Waals surface area contributed by atoms with Crippen LogP contribution in [0.5, 0.6) is 0 Å². The number of benzene rings is 2. The van der Waals surface area contributed by atoms with Crippen LogP contribution >= 0.6 is 12.4 Å². The van der Waals surface area contributed by atoms with Crippen LogP contribution in [0.3, 0.4) is 0 Å². The molecule has 5 rings (SSSR count). The van der Waals surface area contributed by atoms with Gasteiger partial charge < -0.3 is 19.9 Å². The molecule has 0 aliphatic heterocycles. The molecule has 0 amide bonds. The summed E-state index contributed by atoms with van der Waals surface area (Å²) in [6, 6.07) is 20.6. The highest BCUT2D eigenvalue weighted by molar-refractivity contribution is 5.85. The standard InChI is InChI=1S/C15H16N4O.C13H12N2O2.C3H8N2.ClH/c1-17-14-13(18-19(15(14)16)12-7-8-12)10-20-9-11-5-3-2-4-6-11;1-14-13(15-2)12(16-3)10-17-9-11-7-5-4-6-8-11;4-5-3-1-2-3;/h2-6,12H,7-10,16H2;4-8H,9-10H2,3H3;3,5H,1-2,4H2;1H. The van der Waals surface area contributed by atoms with Gasteiger partial charge in [-0.1, -0.05) is 60.7 Å². The van der Waals surface area contributed by atoms with Crippen LogP contribution in [0.1, 0.15) is 48.5 Å². The second kappa shape index (κ2) is 18.9. The van der Waals surface area contributed by atoms with Gasteiger partial charge in [0, 0.05) is 6.04 Å². The number of nitrogens with zero attached hydrogens (tertiary/aromatic N) is 5. The van der Waals surface area contributed by atoms with E-state index in [2.05, 4.69) is 25.1 Å². The molecule has 0 saturated heterocycles. The summed E-state index contributed by atoms with van der Waals surface area (Å²) in [7, 11) is 1.43. The minimum absolute atomic E-state index is 0. The lowest BCUT2D eigenvalue weighted by molar-refractivity contribution is 0.102. The Morgan fingerprint density at radius 3 is 1.88 bits per heavy atom. The molecule has 0 radical (unpaired) electrons. The fourth-order valence-electron chi connectivity index (χ4n) is 3.59. The molecule has 3 aromatic rings. The lowest BCUT2D eigenvalue weighted by Gasteiger charge is -2.05. The van der Waals surface area contributed by atoms with Gasteiger partial charge >= 0.3 is 5.82 Å². The van der Waals surface area contributed by atoms with Gasteiger partial charge in [0.05, 0.1) is 45.2 Å². The molecule has 2 aliphatic carbocycles. The van der Waals surface area contributed by atoms with Gasteiger partial charge in [-0.15, -0.1) is 12.4 Å². The minimum Gasteiger partial charge on any atom is -0.503 e. The van der Waals surface area contributed by atoms with E-state index in [1.54, 1.807) is 4.68 Å². The number of anilines is 1. The van der Waals surface area contributed by atoms with Crippen molar-refractivity contribution in [2.24, 2.45) is 5.84 Å². The highest BCUT2D eigenvalue weighted by Crippen LogP contribution is 2.40. The molecule has 2 fully saturated rings. The van der Waals surface area contributed by atoms with Crippen LogP contribution in [0.25, 0.3) is 14.5 Å². The van der Waals surface area contributed by atoms with Crippen molar-refractivity contribution < 1.29 is 14.2 Å². The number of ether oxygens (including phenoxy) is 3. The van der Waals surface area contributed by atoms with Gasteiger partial charge in [-0.25, -0.2) is 4.85 Å². The number of hydrogen-bond donors (Lipinski definition) is 3. The number of nitrogens with two attached hydrogens (primary N) is 2. The Morgan fingerprint density at radius 1 is 0.907 bits per heavy atom. The fourth-order valence-corrected chi connectivity index (χ4v) is 3.59. The first-order valence-corrected chi connectivity index (χ1v) is 13.5. The Morgan fingerprint density at radius 2 is 1.47 bits per heavy atom. The molecule has 1 heterocycles. The van der Waals surface area contributed by atoms with Crippen LogP contribution in [0, 0.1) is 19.7 Å². The lowest BCUT2D eigenvalue weighted by atomic mass is 10.2. The number of hydrazine groups is 1. The quantitative estimate of drug-likeness (QED) is 0.107. The van der Waals surface area contributed by atoms with E-state index in [9.17, 15) is 0 Å². The lowest BCUT2D eigenvalue weighted by Crippen LogP contribution is -2.23. The maximum Gasteiger partial charge on any atom is 0.559 e. The van der Waals surface area contributed by atoms with Crippen LogP contribution in [0.15, 0.2) is 72.2 Å². The minimum atomic E-state index is -0.0828. The average Bonchev–Trinajstić information content (AvgIpc) is 3.97. The Hall–Kier alpha value is -4.41. The number of hydrogen-bond acceptors (Lipinski definition) is 7.